The summed E-state index contributed by atoms with van der Waals surface area (Å²) in [7, 11) is 0. The molecule has 7 heteroatoms. The minimum atomic E-state index is -0.838. The van der Waals surface area contributed by atoms with Gasteiger partial charge >= 0.3 is 11.9 Å². The molecule has 23 heavy (non-hydrogen) atoms. The molecule has 1 aliphatic carbocycles. The number of aliphatic hydroxyl groups is 1. The van der Waals surface area contributed by atoms with Gasteiger partial charge in [0.15, 0.2) is 0 Å². The van der Waals surface area contributed by atoms with Gasteiger partial charge in [-0.25, -0.2) is 0 Å². The molecule has 0 aromatic heterocycles. The summed E-state index contributed by atoms with van der Waals surface area (Å²) in [5, 5.41) is 31.5. The van der Waals surface area contributed by atoms with Crippen molar-refractivity contribution in [1.29, 1.82) is 0 Å². The number of likely N-dealkylation sites (tertiary alicyclic amines) is 1. The van der Waals surface area contributed by atoms with Gasteiger partial charge in [-0.2, -0.15) is 0 Å². The Balaban J connectivity index is 1.63. The van der Waals surface area contributed by atoms with Gasteiger partial charge in [-0.05, 0) is 50.5 Å². The summed E-state index contributed by atoms with van der Waals surface area (Å²) in [6.07, 6.45) is 3.35. The van der Waals surface area contributed by atoms with Crippen LogP contribution in [0.4, 0.5) is 0 Å². The van der Waals surface area contributed by atoms with Crippen LogP contribution in [0.1, 0.15) is 32.1 Å². The van der Waals surface area contributed by atoms with E-state index in [0.29, 0.717) is 37.8 Å². The summed E-state index contributed by atoms with van der Waals surface area (Å²) in [4.78, 5) is 24.6. The van der Waals surface area contributed by atoms with Crippen molar-refractivity contribution < 1.29 is 24.9 Å². The monoisotopic (exact) mass is 326 g/mol. The summed E-state index contributed by atoms with van der Waals surface area (Å²) in [6.45, 7) is 1.79. The first-order valence-electron chi connectivity index (χ1n) is 8.55. The summed E-state index contributed by atoms with van der Waals surface area (Å²) >= 11 is 0. The second kappa shape index (κ2) is 6.75. The second-order valence-electron chi connectivity index (χ2n) is 7.40. The molecular formula is C16H26N2O5. The number of nitrogens with zero attached hydrogens (tertiary/aromatic N) is 1. The highest BCUT2D eigenvalue weighted by atomic mass is 16.4. The van der Waals surface area contributed by atoms with Gasteiger partial charge < -0.3 is 20.6 Å². The van der Waals surface area contributed by atoms with E-state index in [-0.39, 0.29) is 6.04 Å². The fourth-order valence-corrected chi connectivity index (χ4v) is 4.64. The van der Waals surface area contributed by atoms with Crippen LogP contribution in [-0.4, -0.2) is 70.0 Å². The number of fused-ring (bicyclic) bond motifs is 1. The largest absolute Gasteiger partial charge is 0.481 e. The molecule has 6 atom stereocenters. The van der Waals surface area contributed by atoms with Crippen LogP contribution in [0.3, 0.4) is 0 Å². The van der Waals surface area contributed by atoms with Crippen LogP contribution in [-0.2, 0) is 9.59 Å². The van der Waals surface area contributed by atoms with Gasteiger partial charge in [0.1, 0.15) is 6.04 Å². The Morgan fingerprint density at radius 1 is 0.957 bits per heavy atom. The van der Waals surface area contributed by atoms with E-state index in [1.165, 1.54) is 0 Å². The van der Waals surface area contributed by atoms with Crippen molar-refractivity contribution in [2.75, 3.05) is 19.6 Å². The number of carboxylic acid groups (broad SMARTS) is 2. The Morgan fingerprint density at radius 3 is 2.43 bits per heavy atom. The molecule has 7 nitrogen and oxygen atoms in total. The van der Waals surface area contributed by atoms with Crippen molar-refractivity contribution in [3.8, 4) is 0 Å². The van der Waals surface area contributed by atoms with Gasteiger partial charge in [-0.15, -0.1) is 0 Å². The highest BCUT2D eigenvalue weighted by molar-refractivity contribution is 5.73. The summed E-state index contributed by atoms with van der Waals surface area (Å²) in [6, 6.07) is -0.200. The first-order valence-corrected chi connectivity index (χ1v) is 8.55. The van der Waals surface area contributed by atoms with Gasteiger partial charge in [0, 0.05) is 19.1 Å². The van der Waals surface area contributed by atoms with E-state index < -0.39 is 30.0 Å². The molecular weight excluding hydrogens is 300 g/mol. The first-order chi connectivity index (χ1) is 10.9. The SMILES string of the molecule is O=C(O)C1CC(O)CN(C2CCC3CNC(C(=O)O)CC3C2)C1. The second-order valence-corrected chi connectivity index (χ2v) is 7.40. The van der Waals surface area contributed by atoms with Gasteiger partial charge in [-0.1, -0.05) is 0 Å². The molecule has 0 aromatic carbocycles. The minimum Gasteiger partial charge on any atom is -0.481 e. The Morgan fingerprint density at radius 2 is 1.74 bits per heavy atom. The third-order valence-electron chi connectivity index (χ3n) is 5.90. The third-order valence-corrected chi connectivity index (χ3v) is 5.90. The van der Waals surface area contributed by atoms with E-state index in [1.54, 1.807) is 0 Å². The van der Waals surface area contributed by atoms with Crippen LogP contribution >= 0.6 is 0 Å². The van der Waals surface area contributed by atoms with Crippen molar-refractivity contribution in [2.24, 2.45) is 17.8 Å². The molecule has 0 bridgehead atoms. The molecule has 4 N–H and O–H groups in total. The topological polar surface area (TPSA) is 110 Å². The van der Waals surface area contributed by atoms with Gasteiger partial charge in [0.25, 0.3) is 0 Å². The number of nitrogens with one attached hydrogen (secondary N) is 1. The lowest BCUT2D eigenvalue weighted by Crippen LogP contribution is -2.55. The number of hydrogen-bond donors (Lipinski definition) is 4. The predicted molar refractivity (Wildman–Crippen MR) is 82.0 cm³/mol. The number of hydrogen-bond acceptors (Lipinski definition) is 5. The van der Waals surface area contributed by atoms with Crippen LogP contribution in [0.5, 0.6) is 0 Å². The Kier molecular flexibility index (Phi) is 4.89. The molecule has 3 fully saturated rings. The Bertz CT molecular complexity index is 471. The molecule has 2 aliphatic heterocycles. The predicted octanol–water partition coefficient (Wildman–Crippen LogP) is -0.0148. The maximum Gasteiger partial charge on any atom is 0.320 e. The summed E-state index contributed by atoms with van der Waals surface area (Å²) < 4.78 is 0. The number of β-amino-alcohol motifs (C(OH)–C–C–N with tert-alkyl or cyclic N) is 1. The lowest BCUT2D eigenvalue weighted by atomic mass is 9.71. The van der Waals surface area contributed by atoms with Crippen molar-refractivity contribution >= 4 is 11.9 Å². The third kappa shape index (κ3) is 3.67. The van der Waals surface area contributed by atoms with E-state index in [4.69, 9.17) is 0 Å². The molecule has 0 amide bonds. The first kappa shape index (κ1) is 16.7. The lowest BCUT2D eigenvalue weighted by Gasteiger charge is -2.47. The van der Waals surface area contributed by atoms with Crippen LogP contribution in [0.25, 0.3) is 0 Å². The number of piperidine rings is 2. The van der Waals surface area contributed by atoms with E-state index in [9.17, 15) is 24.9 Å². The van der Waals surface area contributed by atoms with E-state index in [2.05, 4.69) is 10.2 Å². The average Bonchev–Trinajstić information content (AvgIpc) is 2.53. The van der Waals surface area contributed by atoms with Crippen LogP contribution < -0.4 is 5.32 Å². The smallest absolute Gasteiger partial charge is 0.320 e. The summed E-state index contributed by atoms with van der Waals surface area (Å²) in [5.74, 6) is -1.23. The molecule has 0 spiro atoms. The average molecular weight is 326 g/mol. The number of rotatable bonds is 3. The molecule has 130 valence electrons. The summed E-state index contributed by atoms with van der Waals surface area (Å²) in [5.41, 5.74) is 0. The Labute approximate surface area is 135 Å². The maximum atomic E-state index is 11.3. The van der Waals surface area contributed by atoms with Gasteiger partial charge in [0.05, 0.1) is 12.0 Å². The van der Waals surface area contributed by atoms with E-state index in [1.807, 2.05) is 0 Å². The highest BCUT2D eigenvalue weighted by Crippen LogP contribution is 2.38. The zero-order valence-corrected chi connectivity index (χ0v) is 13.2. The highest BCUT2D eigenvalue weighted by Gasteiger charge is 2.41. The molecule has 6 unspecified atom stereocenters. The number of carboxylic acids is 2. The van der Waals surface area contributed by atoms with Crippen LogP contribution in [0.2, 0.25) is 0 Å². The Hall–Kier alpha value is -1.18. The van der Waals surface area contributed by atoms with Crippen LogP contribution in [0.15, 0.2) is 0 Å². The molecule has 0 aromatic rings. The van der Waals surface area contributed by atoms with E-state index in [0.717, 1.165) is 25.8 Å². The fourth-order valence-electron chi connectivity index (χ4n) is 4.64. The molecule has 2 heterocycles. The van der Waals surface area contributed by atoms with E-state index >= 15 is 0 Å². The fraction of sp³-hybridized carbons (Fsp3) is 0.875. The van der Waals surface area contributed by atoms with Gasteiger partial charge in [0.2, 0.25) is 0 Å². The molecule has 0 radical (unpaired) electrons. The lowest BCUT2D eigenvalue weighted by molar-refractivity contribution is -0.147. The van der Waals surface area contributed by atoms with Crippen molar-refractivity contribution in [2.45, 2.75) is 50.3 Å². The zero-order chi connectivity index (χ0) is 16.6. The van der Waals surface area contributed by atoms with Crippen molar-refractivity contribution in [3.05, 3.63) is 0 Å². The molecule has 2 saturated heterocycles. The van der Waals surface area contributed by atoms with Crippen molar-refractivity contribution in [1.82, 2.24) is 10.2 Å². The molecule has 3 rings (SSSR count). The number of aliphatic carboxylic acids is 2. The normalized spacial score (nSPS) is 42.0. The van der Waals surface area contributed by atoms with Crippen LogP contribution in [0, 0.1) is 17.8 Å². The zero-order valence-electron chi connectivity index (χ0n) is 13.2. The molecule has 1 saturated carbocycles. The molecule has 3 aliphatic rings. The minimum absolute atomic E-state index is 0.264. The number of carbonyl (C=O) groups is 2. The standard InChI is InChI=1S/C16H26N2O5/c19-13-4-11(15(20)21)7-18(8-13)12-2-1-9-6-17-14(16(22)23)5-10(9)3-12/h9-14,17,19H,1-8H2,(H,20,21)(H,22,23). The maximum absolute atomic E-state index is 11.3. The quantitative estimate of drug-likeness (QED) is 0.577. The van der Waals surface area contributed by atoms with Crippen molar-refractivity contribution in [3.63, 3.8) is 0 Å². The number of aliphatic hydroxyl groups excluding tert-OH is 1. The van der Waals surface area contributed by atoms with Gasteiger partial charge in [-0.3, -0.25) is 14.5 Å².